The predicted molar refractivity (Wildman–Crippen MR) is 70.1 cm³/mol. The highest BCUT2D eigenvalue weighted by Gasteiger charge is 2.09. The van der Waals surface area contributed by atoms with Crippen molar-refractivity contribution in [3.05, 3.63) is 28.2 Å². The molecule has 0 amide bonds. The van der Waals surface area contributed by atoms with Crippen molar-refractivity contribution in [1.82, 2.24) is 0 Å². The summed E-state index contributed by atoms with van der Waals surface area (Å²) in [6, 6.07) is 5.96. The number of ether oxygens (including phenoxy) is 2. The first-order valence-corrected chi connectivity index (χ1v) is 6.21. The molecule has 16 heavy (non-hydrogen) atoms. The summed E-state index contributed by atoms with van der Waals surface area (Å²) in [5, 5.41) is 0. The van der Waals surface area contributed by atoms with Gasteiger partial charge in [-0.15, -0.1) is 0 Å². The van der Waals surface area contributed by atoms with E-state index in [0.717, 1.165) is 10.2 Å². The molecule has 0 aliphatic carbocycles. The Morgan fingerprint density at radius 3 is 2.44 bits per heavy atom. The lowest BCUT2D eigenvalue weighted by atomic mass is 10.2. The SMILES string of the molecule is Cc1cc(OCCOC(C)(C)C)ccc1Br. The molecule has 2 nitrogen and oxygen atoms in total. The lowest BCUT2D eigenvalue weighted by Gasteiger charge is -2.19. The lowest BCUT2D eigenvalue weighted by Crippen LogP contribution is -2.22. The number of hydrogen-bond acceptors (Lipinski definition) is 2. The van der Waals surface area contributed by atoms with Crippen LogP contribution >= 0.6 is 15.9 Å². The molecule has 0 spiro atoms. The summed E-state index contributed by atoms with van der Waals surface area (Å²) in [5.74, 6) is 0.887. The largest absolute Gasteiger partial charge is 0.491 e. The van der Waals surface area contributed by atoms with Crippen LogP contribution in [-0.4, -0.2) is 18.8 Å². The van der Waals surface area contributed by atoms with E-state index in [4.69, 9.17) is 9.47 Å². The predicted octanol–water partition coefficient (Wildman–Crippen LogP) is 3.95. The minimum atomic E-state index is -0.0982. The van der Waals surface area contributed by atoms with Gasteiger partial charge >= 0.3 is 0 Å². The highest BCUT2D eigenvalue weighted by Crippen LogP contribution is 2.21. The van der Waals surface area contributed by atoms with E-state index in [1.165, 1.54) is 5.56 Å². The van der Waals surface area contributed by atoms with Crippen LogP contribution in [-0.2, 0) is 4.74 Å². The fourth-order valence-electron chi connectivity index (χ4n) is 1.21. The van der Waals surface area contributed by atoms with Crippen LogP contribution < -0.4 is 4.74 Å². The average Bonchev–Trinajstić information content (AvgIpc) is 2.17. The van der Waals surface area contributed by atoms with E-state index in [1.54, 1.807) is 0 Å². The van der Waals surface area contributed by atoms with Crippen molar-refractivity contribution < 1.29 is 9.47 Å². The van der Waals surface area contributed by atoms with Crippen LogP contribution in [0.4, 0.5) is 0 Å². The van der Waals surface area contributed by atoms with E-state index in [0.29, 0.717) is 13.2 Å². The van der Waals surface area contributed by atoms with E-state index < -0.39 is 0 Å². The summed E-state index contributed by atoms with van der Waals surface area (Å²) in [5.41, 5.74) is 1.08. The number of halogens is 1. The number of hydrogen-bond donors (Lipinski definition) is 0. The molecule has 1 aromatic carbocycles. The second-order valence-corrected chi connectivity index (χ2v) is 5.57. The first-order valence-electron chi connectivity index (χ1n) is 5.41. The summed E-state index contributed by atoms with van der Waals surface area (Å²) in [7, 11) is 0. The Balaban J connectivity index is 2.35. The van der Waals surface area contributed by atoms with Crippen molar-refractivity contribution in [1.29, 1.82) is 0 Å². The zero-order valence-corrected chi connectivity index (χ0v) is 11.9. The molecule has 0 aliphatic rings. The Bertz CT molecular complexity index is 342. The lowest BCUT2D eigenvalue weighted by molar-refractivity contribution is -0.0163. The van der Waals surface area contributed by atoms with Gasteiger partial charge in [-0.3, -0.25) is 0 Å². The van der Waals surface area contributed by atoms with Crippen molar-refractivity contribution in [3.63, 3.8) is 0 Å². The third-order valence-electron chi connectivity index (χ3n) is 2.02. The monoisotopic (exact) mass is 286 g/mol. The van der Waals surface area contributed by atoms with E-state index >= 15 is 0 Å². The van der Waals surface area contributed by atoms with Crippen LogP contribution in [0.25, 0.3) is 0 Å². The maximum atomic E-state index is 5.59. The fourth-order valence-corrected chi connectivity index (χ4v) is 1.46. The number of benzene rings is 1. The van der Waals surface area contributed by atoms with Gasteiger partial charge in [0.25, 0.3) is 0 Å². The van der Waals surface area contributed by atoms with Crippen molar-refractivity contribution in [3.8, 4) is 5.75 Å². The molecular weight excluding hydrogens is 268 g/mol. The Morgan fingerprint density at radius 2 is 1.88 bits per heavy atom. The van der Waals surface area contributed by atoms with Crippen molar-refractivity contribution in [2.24, 2.45) is 0 Å². The van der Waals surface area contributed by atoms with Gasteiger partial charge in [-0.1, -0.05) is 15.9 Å². The van der Waals surface area contributed by atoms with Gasteiger partial charge in [0.05, 0.1) is 12.2 Å². The standard InChI is InChI=1S/C13H19BrO2/c1-10-9-11(5-6-12(10)14)15-7-8-16-13(2,3)4/h5-6,9H,7-8H2,1-4H3. The Kier molecular flexibility index (Phi) is 4.81. The van der Waals surface area contributed by atoms with Crippen LogP contribution in [0.3, 0.4) is 0 Å². The quantitative estimate of drug-likeness (QED) is 0.781. The fraction of sp³-hybridized carbons (Fsp3) is 0.538. The third-order valence-corrected chi connectivity index (χ3v) is 2.91. The molecule has 0 aliphatic heterocycles. The highest BCUT2D eigenvalue weighted by molar-refractivity contribution is 9.10. The second-order valence-electron chi connectivity index (χ2n) is 4.72. The molecule has 0 unspecified atom stereocenters. The van der Waals surface area contributed by atoms with Gasteiger partial charge in [-0.2, -0.15) is 0 Å². The summed E-state index contributed by atoms with van der Waals surface area (Å²) >= 11 is 3.46. The number of aryl methyl sites for hydroxylation is 1. The van der Waals surface area contributed by atoms with Gasteiger partial charge in [0.1, 0.15) is 12.4 Å². The molecule has 0 aromatic heterocycles. The summed E-state index contributed by atoms with van der Waals surface area (Å²) < 4.78 is 12.3. The van der Waals surface area contributed by atoms with Gasteiger partial charge < -0.3 is 9.47 Å². The van der Waals surface area contributed by atoms with Crippen LogP contribution in [0.2, 0.25) is 0 Å². The first kappa shape index (κ1) is 13.5. The summed E-state index contributed by atoms with van der Waals surface area (Å²) in [6.07, 6.45) is 0. The van der Waals surface area contributed by atoms with Crippen LogP contribution in [0, 0.1) is 6.92 Å². The van der Waals surface area contributed by atoms with Crippen LogP contribution in [0.5, 0.6) is 5.75 Å². The van der Waals surface area contributed by atoms with Gasteiger partial charge in [-0.25, -0.2) is 0 Å². The molecule has 1 aromatic rings. The van der Waals surface area contributed by atoms with E-state index in [2.05, 4.69) is 15.9 Å². The molecule has 0 radical (unpaired) electrons. The molecule has 0 bridgehead atoms. The molecule has 0 fully saturated rings. The molecule has 90 valence electrons. The van der Waals surface area contributed by atoms with Crippen molar-refractivity contribution in [2.45, 2.75) is 33.3 Å². The smallest absolute Gasteiger partial charge is 0.119 e. The third kappa shape index (κ3) is 4.99. The van der Waals surface area contributed by atoms with Gasteiger partial charge in [0.15, 0.2) is 0 Å². The molecule has 0 atom stereocenters. The van der Waals surface area contributed by atoms with E-state index in [9.17, 15) is 0 Å². The van der Waals surface area contributed by atoms with Crippen molar-refractivity contribution >= 4 is 15.9 Å². The van der Waals surface area contributed by atoms with Crippen molar-refractivity contribution in [2.75, 3.05) is 13.2 Å². The second kappa shape index (κ2) is 5.69. The average molecular weight is 287 g/mol. The topological polar surface area (TPSA) is 18.5 Å². The molecule has 1 rings (SSSR count). The minimum Gasteiger partial charge on any atom is -0.491 e. The zero-order valence-electron chi connectivity index (χ0n) is 10.3. The highest BCUT2D eigenvalue weighted by atomic mass is 79.9. The maximum Gasteiger partial charge on any atom is 0.119 e. The Morgan fingerprint density at radius 1 is 1.19 bits per heavy atom. The molecule has 0 saturated carbocycles. The molecule has 3 heteroatoms. The Labute approximate surface area is 106 Å². The number of rotatable bonds is 4. The van der Waals surface area contributed by atoms with E-state index in [-0.39, 0.29) is 5.60 Å². The molecular formula is C13H19BrO2. The van der Waals surface area contributed by atoms with E-state index in [1.807, 2.05) is 45.9 Å². The minimum absolute atomic E-state index is 0.0982. The molecule has 0 saturated heterocycles. The van der Waals surface area contributed by atoms with Gasteiger partial charge in [0.2, 0.25) is 0 Å². The van der Waals surface area contributed by atoms with Crippen LogP contribution in [0.15, 0.2) is 22.7 Å². The molecule has 0 N–H and O–H groups in total. The summed E-state index contributed by atoms with van der Waals surface area (Å²) in [4.78, 5) is 0. The zero-order chi connectivity index (χ0) is 12.2. The normalized spacial score (nSPS) is 11.6. The van der Waals surface area contributed by atoms with Gasteiger partial charge in [-0.05, 0) is 51.5 Å². The van der Waals surface area contributed by atoms with Crippen LogP contribution in [0.1, 0.15) is 26.3 Å². The first-order chi connectivity index (χ1) is 7.38. The summed E-state index contributed by atoms with van der Waals surface area (Å²) in [6.45, 7) is 9.35. The Hall–Kier alpha value is -0.540. The maximum absolute atomic E-state index is 5.59. The molecule has 0 heterocycles. The van der Waals surface area contributed by atoms with Gasteiger partial charge in [0, 0.05) is 4.47 Å².